The Morgan fingerprint density at radius 2 is 1.87 bits per heavy atom. The lowest BCUT2D eigenvalue weighted by atomic mass is 10.1. The minimum atomic E-state index is -0.547. The van der Waals surface area contributed by atoms with Crippen molar-refractivity contribution in [2.45, 2.75) is 6.92 Å². The summed E-state index contributed by atoms with van der Waals surface area (Å²) < 4.78 is 16.6. The van der Waals surface area contributed by atoms with Crippen molar-refractivity contribution in [2.75, 3.05) is 26.4 Å². The van der Waals surface area contributed by atoms with Crippen molar-refractivity contribution in [3.8, 4) is 10.8 Å². The zero-order valence-corrected chi connectivity index (χ0v) is 17.5. The Kier molecular flexibility index (Phi) is 7.86. The van der Waals surface area contributed by atoms with Gasteiger partial charge in [-0.05, 0) is 42.0 Å². The van der Waals surface area contributed by atoms with Crippen LogP contribution in [0, 0.1) is 0 Å². The fraction of sp³-hybridized carbons (Fsp3) is 0.217. The molecule has 6 nitrogen and oxygen atoms in total. The summed E-state index contributed by atoms with van der Waals surface area (Å²) in [5.41, 5.74) is 0.103. The molecule has 0 unspecified atom stereocenters. The number of fused-ring (bicyclic) bond motifs is 1. The smallest absolute Gasteiger partial charge is 0.361 e. The van der Waals surface area contributed by atoms with E-state index in [9.17, 15) is 4.79 Å². The minimum absolute atomic E-state index is 0.103. The number of benzene rings is 2. The molecule has 0 amide bonds. The number of esters is 1. The molecule has 0 bridgehead atoms. The van der Waals surface area contributed by atoms with Crippen molar-refractivity contribution < 1.29 is 23.8 Å². The van der Waals surface area contributed by atoms with Crippen molar-refractivity contribution in [3.63, 3.8) is 0 Å². The van der Waals surface area contributed by atoms with Gasteiger partial charge in [0.25, 0.3) is 0 Å². The molecule has 1 aromatic heterocycles. The zero-order valence-electron chi connectivity index (χ0n) is 16.7. The van der Waals surface area contributed by atoms with Gasteiger partial charge in [-0.25, -0.2) is 4.79 Å². The number of oxime groups is 1. The molecule has 0 spiro atoms. The molecule has 1 heterocycles. The molecule has 7 heteroatoms. The van der Waals surface area contributed by atoms with Gasteiger partial charge in [0.1, 0.15) is 25.6 Å². The van der Waals surface area contributed by atoms with Gasteiger partial charge in [-0.1, -0.05) is 59.5 Å². The van der Waals surface area contributed by atoms with E-state index >= 15 is 0 Å². The Morgan fingerprint density at radius 3 is 2.67 bits per heavy atom. The fourth-order valence-electron chi connectivity index (χ4n) is 2.62. The van der Waals surface area contributed by atoms with Crippen LogP contribution >= 0.6 is 11.3 Å². The summed E-state index contributed by atoms with van der Waals surface area (Å²) in [6, 6.07) is 17.6. The summed E-state index contributed by atoms with van der Waals surface area (Å²) in [4.78, 5) is 17.8. The molecule has 0 aliphatic rings. The maximum atomic E-state index is 12.1. The van der Waals surface area contributed by atoms with E-state index in [0.717, 1.165) is 11.1 Å². The van der Waals surface area contributed by atoms with Crippen LogP contribution in [-0.2, 0) is 14.4 Å². The summed E-state index contributed by atoms with van der Waals surface area (Å²) in [6.45, 7) is 6.50. The lowest BCUT2D eigenvalue weighted by molar-refractivity contribution is -0.135. The molecule has 2 aromatic carbocycles. The number of hydrogen-bond donors (Lipinski definition) is 0. The van der Waals surface area contributed by atoms with E-state index in [0.29, 0.717) is 23.2 Å². The molecular weight excluding hydrogens is 402 g/mol. The predicted molar refractivity (Wildman–Crippen MR) is 119 cm³/mol. The van der Waals surface area contributed by atoms with Crippen LogP contribution in [0.1, 0.15) is 11.8 Å². The molecular formula is C23H23NO5S. The first-order valence-corrected chi connectivity index (χ1v) is 10.4. The number of hydrogen-bond acceptors (Lipinski definition) is 7. The van der Waals surface area contributed by atoms with Gasteiger partial charge in [-0.3, -0.25) is 0 Å². The van der Waals surface area contributed by atoms with Crippen LogP contribution in [0.2, 0.25) is 0 Å². The lowest BCUT2D eigenvalue weighted by Gasteiger charge is -2.08. The van der Waals surface area contributed by atoms with Gasteiger partial charge in [-0.15, -0.1) is 0 Å². The van der Waals surface area contributed by atoms with Gasteiger partial charge in [0.2, 0.25) is 5.71 Å². The van der Waals surface area contributed by atoms with E-state index < -0.39 is 5.97 Å². The standard InChI is InChI=1S/C23H23NO5S/c1-3-13-29-24-22(23(25)26-4-2)20-11-12-21(30-20)28-15-14-27-19-10-9-17-7-5-6-8-18(17)16-19/h3,5-12,16H,1,4,13-15H2,2H3. The quantitative estimate of drug-likeness (QED) is 0.145. The normalized spacial score (nSPS) is 11.2. The van der Waals surface area contributed by atoms with Crippen molar-refractivity contribution in [1.82, 2.24) is 0 Å². The lowest BCUT2D eigenvalue weighted by Crippen LogP contribution is -2.18. The third kappa shape index (κ3) is 5.84. The van der Waals surface area contributed by atoms with E-state index in [2.05, 4.69) is 17.8 Å². The van der Waals surface area contributed by atoms with Crippen LogP contribution in [0.3, 0.4) is 0 Å². The molecule has 0 atom stereocenters. The number of carbonyl (C=O) groups is 1. The molecule has 30 heavy (non-hydrogen) atoms. The first kappa shape index (κ1) is 21.4. The van der Waals surface area contributed by atoms with E-state index in [4.69, 9.17) is 19.0 Å². The monoisotopic (exact) mass is 425 g/mol. The van der Waals surface area contributed by atoms with E-state index in [-0.39, 0.29) is 18.9 Å². The maximum Gasteiger partial charge on any atom is 0.361 e. The molecule has 0 aliphatic heterocycles. The summed E-state index contributed by atoms with van der Waals surface area (Å²) in [5, 5.41) is 6.82. The summed E-state index contributed by atoms with van der Waals surface area (Å²) in [6.07, 6.45) is 1.55. The molecule has 0 fully saturated rings. The van der Waals surface area contributed by atoms with E-state index in [1.54, 1.807) is 25.1 Å². The minimum Gasteiger partial charge on any atom is -0.490 e. The third-order valence-corrected chi connectivity index (χ3v) is 4.95. The van der Waals surface area contributed by atoms with E-state index in [1.165, 1.54) is 16.7 Å². The van der Waals surface area contributed by atoms with Gasteiger partial charge in [0.05, 0.1) is 11.5 Å². The Bertz CT molecular complexity index is 1030. The first-order chi connectivity index (χ1) is 14.7. The average Bonchev–Trinajstić information content (AvgIpc) is 3.23. The Balaban J connectivity index is 1.55. The average molecular weight is 426 g/mol. The Hall–Kier alpha value is -3.32. The van der Waals surface area contributed by atoms with Crippen molar-refractivity contribution >= 4 is 33.8 Å². The highest BCUT2D eigenvalue weighted by Gasteiger charge is 2.19. The van der Waals surface area contributed by atoms with Crippen molar-refractivity contribution in [1.29, 1.82) is 0 Å². The summed E-state index contributed by atoms with van der Waals surface area (Å²) >= 11 is 1.29. The maximum absolute atomic E-state index is 12.1. The van der Waals surface area contributed by atoms with Crippen LogP contribution in [-0.4, -0.2) is 38.1 Å². The highest BCUT2D eigenvalue weighted by molar-refractivity contribution is 7.16. The van der Waals surface area contributed by atoms with Gasteiger partial charge >= 0.3 is 5.97 Å². The Labute approximate surface area is 179 Å². The number of rotatable bonds is 11. The zero-order chi connectivity index (χ0) is 21.2. The number of carbonyl (C=O) groups excluding carboxylic acids is 1. The van der Waals surface area contributed by atoms with Crippen LogP contribution < -0.4 is 9.47 Å². The second kappa shape index (κ2) is 11.0. The third-order valence-electron chi connectivity index (χ3n) is 3.95. The highest BCUT2D eigenvalue weighted by Crippen LogP contribution is 2.26. The van der Waals surface area contributed by atoms with Crippen LogP contribution in [0.15, 0.2) is 72.4 Å². The van der Waals surface area contributed by atoms with Gasteiger partial charge in [-0.2, -0.15) is 0 Å². The SMILES string of the molecule is C=CCON=C(C(=O)OCC)c1ccc(OCCOc2ccc3ccccc3c2)s1. The number of thiophene rings is 1. The van der Waals surface area contributed by atoms with Crippen molar-refractivity contribution in [2.24, 2.45) is 5.16 Å². The summed E-state index contributed by atoms with van der Waals surface area (Å²) in [7, 11) is 0. The molecule has 0 radical (unpaired) electrons. The molecule has 0 saturated carbocycles. The second-order valence-electron chi connectivity index (χ2n) is 6.07. The van der Waals surface area contributed by atoms with Crippen LogP contribution in [0.5, 0.6) is 10.8 Å². The molecule has 0 saturated heterocycles. The van der Waals surface area contributed by atoms with Gasteiger partial charge in [0.15, 0.2) is 5.06 Å². The molecule has 0 N–H and O–H groups in total. The molecule has 3 rings (SSSR count). The summed E-state index contributed by atoms with van der Waals surface area (Å²) in [5.74, 6) is 0.245. The second-order valence-corrected chi connectivity index (χ2v) is 7.12. The van der Waals surface area contributed by atoms with Crippen LogP contribution in [0.25, 0.3) is 10.8 Å². The number of nitrogens with zero attached hydrogens (tertiary/aromatic N) is 1. The number of ether oxygens (including phenoxy) is 3. The highest BCUT2D eigenvalue weighted by atomic mass is 32.1. The van der Waals surface area contributed by atoms with E-state index in [1.807, 2.05) is 36.4 Å². The first-order valence-electron chi connectivity index (χ1n) is 9.54. The van der Waals surface area contributed by atoms with Crippen LogP contribution in [0.4, 0.5) is 0 Å². The predicted octanol–water partition coefficient (Wildman–Crippen LogP) is 4.83. The van der Waals surface area contributed by atoms with Gasteiger partial charge < -0.3 is 19.0 Å². The van der Waals surface area contributed by atoms with Crippen molar-refractivity contribution in [3.05, 3.63) is 72.1 Å². The fourth-order valence-corrected chi connectivity index (χ4v) is 3.47. The molecule has 0 aliphatic carbocycles. The molecule has 156 valence electrons. The Morgan fingerprint density at radius 1 is 1.07 bits per heavy atom. The molecule has 3 aromatic rings. The van der Waals surface area contributed by atoms with Gasteiger partial charge in [0, 0.05) is 0 Å². The topological polar surface area (TPSA) is 66.4 Å². The largest absolute Gasteiger partial charge is 0.490 e.